The zero-order valence-electron chi connectivity index (χ0n) is 12.4. The number of nitrogens with one attached hydrogen (secondary N) is 2. The van der Waals surface area contributed by atoms with E-state index in [1.165, 1.54) is 0 Å². The van der Waals surface area contributed by atoms with Crippen LogP contribution in [0.1, 0.15) is 35.1 Å². The number of hydrogen-bond acceptors (Lipinski definition) is 5. The van der Waals surface area contributed by atoms with E-state index >= 15 is 0 Å². The van der Waals surface area contributed by atoms with Crippen LogP contribution in [-0.2, 0) is 6.54 Å². The summed E-state index contributed by atoms with van der Waals surface area (Å²) in [4.78, 5) is 24.4. The molecule has 2 amide bonds. The number of rotatable bonds is 5. The second kappa shape index (κ2) is 7.12. The first-order valence-corrected chi connectivity index (χ1v) is 7.65. The smallest absolute Gasteiger partial charge is 0.315 e. The molecule has 0 aliphatic carbocycles. The van der Waals surface area contributed by atoms with Crippen LogP contribution < -0.4 is 10.6 Å². The first-order chi connectivity index (χ1) is 10.0. The van der Waals surface area contributed by atoms with Crippen molar-refractivity contribution in [3.05, 3.63) is 39.9 Å². The van der Waals surface area contributed by atoms with Crippen LogP contribution in [0.25, 0.3) is 0 Å². The second-order valence-corrected chi connectivity index (χ2v) is 5.78. The summed E-state index contributed by atoms with van der Waals surface area (Å²) in [5.74, 6) is 0.901. The molecule has 0 aromatic carbocycles. The van der Waals surface area contributed by atoms with Gasteiger partial charge in [-0.1, -0.05) is 6.92 Å². The molecule has 0 saturated carbocycles. The molecule has 112 valence electrons. The Morgan fingerprint density at radius 2 is 2.14 bits per heavy atom. The van der Waals surface area contributed by atoms with Crippen molar-refractivity contribution in [1.82, 2.24) is 25.6 Å². The molecule has 6 nitrogen and oxygen atoms in total. The fourth-order valence-electron chi connectivity index (χ4n) is 1.77. The summed E-state index contributed by atoms with van der Waals surface area (Å²) in [6.45, 7) is 6.78. The molecular weight excluding hydrogens is 286 g/mol. The van der Waals surface area contributed by atoms with Crippen LogP contribution in [0.4, 0.5) is 4.79 Å². The van der Waals surface area contributed by atoms with E-state index in [9.17, 15) is 4.79 Å². The molecule has 0 aliphatic heterocycles. The van der Waals surface area contributed by atoms with E-state index in [1.807, 2.05) is 26.2 Å². The number of aromatic nitrogens is 3. The lowest BCUT2D eigenvalue weighted by atomic mass is 10.2. The van der Waals surface area contributed by atoms with E-state index in [1.54, 1.807) is 23.6 Å². The van der Waals surface area contributed by atoms with Crippen molar-refractivity contribution < 1.29 is 4.79 Å². The van der Waals surface area contributed by atoms with Crippen LogP contribution in [0.5, 0.6) is 0 Å². The number of urea groups is 1. The molecule has 2 rings (SSSR count). The normalized spacial score (nSPS) is 12.0. The van der Waals surface area contributed by atoms with E-state index in [4.69, 9.17) is 0 Å². The van der Waals surface area contributed by atoms with Gasteiger partial charge in [0.2, 0.25) is 0 Å². The van der Waals surface area contributed by atoms with Crippen molar-refractivity contribution in [3.63, 3.8) is 0 Å². The Labute approximate surface area is 128 Å². The maximum Gasteiger partial charge on any atom is 0.315 e. The summed E-state index contributed by atoms with van der Waals surface area (Å²) in [6.07, 6.45) is 1.68. The monoisotopic (exact) mass is 305 g/mol. The molecule has 1 unspecified atom stereocenters. The Hall–Kier alpha value is -2.02. The highest BCUT2D eigenvalue weighted by atomic mass is 32.1. The third-order valence-corrected chi connectivity index (χ3v) is 4.09. The lowest BCUT2D eigenvalue weighted by Crippen LogP contribution is -2.37. The Morgan fingerprint density at radius 3 is 2.81 bits per heavy atom. The molecule has 0 aliphatic rings. The highest BCUT2D eigenvalue weighted by Crippen LogP contribution is 2.18. The highest BCUT2D eigenvalue weighted by Gasteiger charge is 2.11. The lowest BCUT2D eigenvalue weighted by molar-refractivity contribution is 0.240. The summed E-state index contributed by atoms with van der Waals surface area (Å²) in [5, 5.41) is 8.69. The van der Waals surface area contributed by atoms with Gasteiger partial charge in [-0.25, -0.2) is 19.7 Å². The Bertz CT molecular complexity index is 613. The quantitative estimate of drug-likeness (QED) is 0.887. The molecular formula is C14H19N5OS. The van der Waals surface area contributed by atoms with Gasteiger partial charge in [0.05, 0.1) is 17.2 Å². The first kappa shape index (κ1) is 15.4. The molecule has 2 aromatic rings. The summed E-state index contributed by atoms with van der Waals surface area (Å²) in [5.41, 5.74) is 1.81. The van der Waals surface area contributed by atoms with Crippen LogP contribution in [0.15, 0.2) is 17.6 Å². The summed E-state index contributed by atoms with van der Waals surface area (Å²) >= 11 is 1.62. The topological polar surface area (TPSA) is 79.8 Å². The molecule has 0 radical (unpaired) electrons. The second-order valence-electron chi connectivity index (χ2n) is 4.89. The molecule has 0 saturated heterocycles. The van der Waals surface area contributed by atoms with Crippen LogP contribution in [0.2, 0.25) is 0 Å². The average molecular weight is 305 g/mol. The number of nitrogens with zero attached hydrogens (tertiary/aromatic N) is 3. The fraction of sp³-hybridized carbons (Fsp3) is 0.429. The highest BCUT2D eigenvalue weighted by molar-refractivity contribution is 7.09. The molecule has 0 spiro atoms. The lowest BCUT2D eigenvalue weighted by Gasteiger charge is -2.11. The minimum absolute atomic E-state index is 0.202. The Kier molecular flexibility index (Phi) is 5.21. The molecule has 2 N–H and O–H groups in total. The Morgan fingerprint density at radius 1 is 1.33 bits per heavy atom. The first-order valence-electron chi connectivity index (χ1n) is 6.77. The number of thiazole rings is 1. The summed E-state index contributed by atoms with van der Waals surface area (Å²) in [7, 11) is 0. The predicted molar refractivity (Wildman–Crippen MR) is 82.3 cm³/mol. The van der Waals surface area contributed by atoms with E-state index in [0.29, 0.717) is 18.9 Å². The number of amides is 2. The molecule has 1 atom stereocenters. The third kappa shape index (κ3) is 4.78. The van der Waals surface area contributed by atoms with Crippen molar-refractivity contribution in [1.29, 1.82) is 0 Å². The predicted octanol–water partition coefficient (Wildman–Crippen LogP) is 2.15. The van der Waals surface area contributed by atoms with Crippen molar-refractivity contribution in [2.45, 2.75) is 33.2 Å². The molecule has 21 heavy (non-hydrogen) atoms. The third-order valence-electron chi connectivity index (χ3n) is 2.89. The standard InChI is InChI=1S/C14H19N5OS/c1-9(13-18-10(2)8-21-13)6-16-14(20)17-7-12-4-5-15-11(3)19-12/h4-5,8-9H,6-7H2,1-3H3,(H2,16,17,20). The fourth-order valence-corrected chi connectivity index (χ4v) is 2.62. The van der Waals surface area contributed by atoms with Gasteiger partial charge < -0.3 is 10.6 Å². The van der Waals surface area contributed by atoms with Crippen LogP contribution in [0, 0.1) is 13.8 Å². The molecule has 0 bridgehead atoms. The minimum Gasteiger partial charge on any atom is -0.337 e. The molecule has 2 heterocycles. The van der Waals surface area contributed by atoms with Crippen molar-refractivity contribution >= 4 is 17.4 Å². The maximum atomic E-state index is 11.8. The van der Waals surface area contributed by atoms with Gasteiger partial charge in [-0.2, -0.15) is 0 Å². The van der Waals surface area contributed by atoms with Gasteiger partial charge in [0.25, 0.3) is 0 Å². The number of carbonyl (C=O) groups is 1. The van der Waals surface area contributed by atoms with Gasteiger partial charge in [-0.05, 0) is 19.9 Å². The van der Waals surface area contributed by atoms with Gasteiger partial charge >= 0.3 is 6.03 Å². The minimum atomic E-state index is -0.202. The number of hydrogen-bond donors (Lipinski definition) is 2. The van der Waals surface area contributed by atoms with Crippen LogP contribution in [-0.4, -0.2) is 27.5 Å². The van der Waals surface area contributed by atoms with E-state index in [-0.39, 0.29) is 11.9 Å². The summed E-state index contributed by atoms with van der Waals surface area (Å²) in [6, 6.07) is 1.58. The molecule has 0 fully saturated rings. The van der Waals surface area contributed by atoms with Gasteiger partial charge in [0.1, 0.15) is 5.82 Å². The maximum absolute atomic E-state index is 11.8. The summed E-state index contributed by atoms with van der Waals surface area (Å²) < 4.78 is 0. The van der Waals surface area contributed by atoms with Gasteiger partial charge in [0.15, 0.2) is 0 Å². The number of carbonyl (C=O) groups excluding carboxylic acids is 1. The largest absolute Gasteiger partial charge is 0.337 e. The van der Waals surface area contributed by atoms with Gasteiger partial charge in [-0.3, -0.25) is 0 Å². The van der Waals surface area contributed by atoms with Crippen molar-refractivity contribution in [2.24, 2.45) is 0 Å². The van der Waals surface area contributed by atoms with E-state index < -0.39 is 0 Å². The number of aryl methyl sites for hydroxylation is 2. The zero-order valence-corrected chi connectivity index (χ0v) is 13.2. The van der Waals surface area contributed by atoms with Crippen molar-refractivity contribution in [2.75, 3.05) is 6.54 Å². The van der Waals surface area contributed by atoms with Crippen LogP contribution in [0.3, 0.4) is 0 Å². The Balaban J connectivity index is 1.75. The average Bonchev–Trinajstić information content (AvgIpc) is 2.89. The van der Waals surface area contributed by atoms with E-state index in [0.717, 1.165) is 16.4 Å². The van der Waals surface area contributed by atoms with Gasteiger partial charge in [-0.15, -0.1) is 11.3 Å². The van der Waals surface area contributed by atoms with Crippen LogP contribution >= 0.6 is 11.3 Å². The molecule has 7 heteroatoms. The van der Waals surface area contributed by atoms with E-state index in [2.05, 4.69) is 25.6 Å². The molecule has 2 aromatic heterocycles. The van der Waals surface area contributed by atoms with Gasteiger partial charge in [0, 0.05) is 29.7 Å². The zero-order chi connectivity index (χ0) is 15.2. The SMILES string of the molecule is Cc1csc(C(C)CNC(=O)NCc2ccnc(C)n2)n1. The van der Waals surface area contributed by atoms with Crippen molar-refractivity contribution in [3.8, 4) is 0 Å².